The van der Waals surface area contributed by atoms with Gasteiger partial charge in [-0.25, -0.2) is 25.9 Å². The van der Waals surface area contributed by atoms with E-state index in [0.717, 1.165) is 4.31 Å². The van der Waals surface area contributed by atoms with Gasteiger partial charge < -0.3 is 9.64 Å². The zero-order valence-corrected chi connectivity index (χ0v) is 16.9. The summed E-state index contributed by atoms with van der Waals surface area (Å²) < 4.78 is 57.4. The van der Waals surface area contributed by atoms with Crippen LogP contribution in [0.15, 0.2) is 57.5 Å². The fraction of sp³-hybridized carbons (Fsp3) is 0.294. The number of amidine groups is 1. The summed E-state index contributed by atoms with van der Waals surface area (Å²) in [4.78, 5) is 14.0. The average Bonchev–Trinajstić information content (AvgIpc) is 2.65. The van der Waals surface area contributed by atoms with Gasteiger partial charge in [0.15, 0.2) is 0 Å². The van der Waals surface area contributed by atoms with Crippen molar-refractivity contribution in [2.24, 2.45) is 4.40 Å². The van der Waals surface area contributed by atoms with Crippen LogP contribution in [0.3, 0.4) is 0 Å². The average molecular weight is 425 g/mol. The molecule has 2 aliphatic rings. The third kappa shape index (κ3) is 4.32. The minimum Gasteiger partial charge on any atom is -0.457 e. The lowest BCUT2D eigenvalue weighted by atomic mass is 10.2. The molecule has 150 valence electrons. The summed E-state index contributed by atoms with van der Waals surface area (Å²) in [6, 6.07) is 6.16. The van der Waals surface area contributed by atoms with Gasteiger partial charge in [-0.3, -0.25) is 0 Å². The summed E-state index contributed by atoms with van der Waals surface area (Å²) >= 11 is 0. The molecule has 0 bridgehead atoms. The van der Waals surface area contributed by atoms with Crippen LogP contribution in [-0.2, 0) is 36.2 Å². The molecule has 2 heterocycles. The van der Waals surface area contributed by atoms with Crippen LogP contribution in [0.4, 0.5) is 0 Å². The molecule has 28 heavy (non-hydrogen) atoms. The molecule has 0 unspecified atom stereocenters. The Morgan fingerprint density at radius 1 is 1.29 bits per heavy atom. The summed E-state index contributed by atoms with van der Waals surface area (Å²) in [7, 11) is -4.17. The van der Waals surface area contributed by atoms with Gasteiger partial charge in [0, 0.05) is 26.8 Å². The van der Waals surface area contributed by atoms with Crippen LogP contribution in [0.2, 0.25) is 0 Å². The van der Waals surface area contributed by atoms with E-state index in [-0.39, 0.29) is 35.2 Å². The van der Waals surface area contributed by atoms with Crippen LogP contribution in [0.1, 0.15) is 5.56 Å². The third-order valence-corrected chi connectivity index (χ3v) is 7.08. The third-order valence-electron chi connectivity index (χ3n) is 4.11. The Hall–Kier alpha value is -2.50. The molecular weight excluding hydrogens is 406 g/mol. The number of hydrogen-bond donors (Lipinski definition) is 0. The van der Waals surface area contributed by atoms with E-state index < -0.39 is 26.0 Å². The molecule has 1 aromatic rings. The number of carbonyl (C=O) groups excluding carboxylic acids is 1. The number of benzene rings is 1. The number of esters is 1. The maximum atomic E-state index is 12.3. The summed E-state index contributed by atoms with van der Waals surface area (Å²) in [6.07, 6.45) is 4.37. The second-order valence-corrected chi connectivity index (χ2v) is 10.3. The van der Waals surface area contributed by atoms with Gasteiger partial charge in [-0.05, 0) is 29.8 Å². The summed E-state index contributed by atoms with van der Waals surface area (Å²) in [5, 5.41) is 0. The highest BCUT2D eigenvalue weighted by atomic mass is 32.2. The Labute approximate surface area is 163 Å². The topological polar surface area (TPSA) is 113 Å². The first-order chi connectivity index (χ1) is 13.1. The van der Waals surface area contributed by atoms with Gasteiger partial charge in [0.25, 0.3) is 10.0 Å². The molecule has 11 heteroatoms. The number of rotatable bonds is 5. The standard InChI is InChI=1S/C17H19N3O6S2/c1-19(2)28(24,25)15-5-3-4-13(10-15)12-26-17(21)14-6-7-16-18-27(22,23)9-8-20(16)11-14/h3-7,10-11H,8-9,12H2,1-2H3. The molecule has 0 aliphatic carbocycles. The van der Waals surface area contributed by atoms with Gasteiger partial charge in [0.2, 0.25) is 10.0 Å². The van der Waals surface area contributed by atoms with E-state index in [1.807, 2.05) is 0 Å². The van der Waals surface area contributed by atoms with Crippen molar-refractivity contribution in [3.63, 3.8) is 0 Å². The van der Waals surface area contributed by atoms with Crippen LogP contribution in [0.25, 0.3) is 0 Å². The molecule has 0 fully saturated rings. The zero-order chi connectivity index (χ0) is 20.5. The molecular formula is C17H19N3O6S2. The molecule has 0 amide bonds. The van der Waals surface area contributed by atoms with Gasteiger partial charge >= 0.3 is 5.97 Å². The van der Waals surface area contributed by atoms with E-state index in [1.54, 1.807) is 17.0 Å². The molecule has 3 rings (SSSR count). The molecule has 1 aromatic carbocycles. The van der Waals surface area contributed by atoms with Gasteiger partial charge in [0.05, 0.1) is 16.2 Å². The number of nitrogens with zero attached hydrogens (tertiary/aromatic N) is 3. The van der Waals surface area contributed by atoms with Gasteiger partial charge in [-0.2, -0.15) is 0 Å². The Morgan fingerprint density at radius 3 is 2.75 bits per heavy atom. The predicted octanol–water partition coefficient (Wildman–Crippen LogP) is 0.478. The lowest BCUT2D eigenvalue weighted by Gasteiger charge is -2.26. The van der Waals surface area contributed by atoms with Gasteiger partial charge in [-0.15, -0.1) is 4.40 Å². The molecule has 0 atom stereocenters. The fourth-order valence-corrected chi connectivity index (χ4v) is 4.50. The van der Waals surface area contributed by atoms with Crippen LogP contribution in [-0.4, -0.2) is 64.2 Å². The molecule has 0 spiro atoms. The summed E-state index contributed by atoms with van der Waals surface area (Å²) in [5.41, 5.74) is 0.776. The Morgan fingerprint density at radius 2 is 2.04 bits per heavy atom. The van der Waals surface area contributed by atoms with Crippen LogP contribution >= 0.6 is 0 Å². The van der Waals surface area contributed by atoms with Crippen molar-refractivity contribution in [1.29, 1.82) is 0 Å². The minimum absolute atomic E-state index is 0.101. The van der Waals surface area contributed by atoms with Gasteiger partial charge in [0.1, 0.15) is 12.4 Å². The molecule has 2 aliphatic heterocycles. The minimum atomic E-state index is -3.58. The molecule has 0 saturated heterocycles. The number of hydrogen-bond acceptors (Lipinski definition) is 7. The number of ether oxygens (including phenoxy) is 1. The Balaban J connectivity index is 1.69. The van der Waals surface area contributed by atoms with E-state index in [9.17, 15) is 21.6 Å². The molecule has 0 N–H and O–H groups in total. The van der Waals surface area contributed by atoms with Crippen molar-refractivity contribution >= 4 is 31.9 Å². The second-order valence-electron chi connectivity index (χ2n) is 6.36. The van der Waals surface area contributed by atoms with Crippen molar-refractivity contribution in [3.05, 3.63) is 53.8 Å². The van der Waals surface area contributed by atoms with E-state index in [0.29, 0.717) is 5.56 Å². The van der Waals surface area contributed by atoms with Crippen LogP contribution in [0, 0.1) is 0 Å². The van der Waals surface area contributed by atoms with Crippen molar-refractivity contribution in [1.82, 2.24) is 9.21 Å². The molecule has 0 aromatic heterocycles. The molecule has 0 radical (unpaired) electrons. The highest BCUT2D eigenvalue weighted by Crippen LogP contribution is 2.18. The van der Waals surface area contributed by atoms with Gasteiger partial charge in [-0.1, -0.05) is 12.1 Å². The smallest absolute Gasteiger partial charge is 0.339 e. The van der Waals surface area contributed by atoms with E-state index in [2.05, 4.69) is 4.40 Å². The quantitative estimate of drug-likeness (QED) is 0.631. The van der Waals surface area contributed by atoms with E-state index >= 15 is 0 Å². The summed E-state index contributed by atoms with van der Waals surface area (Å²) in [6.45, 7) is 0.100. The number of fused-ring (bicyclic) bond motifs is 1. The zero-order valence-electron chi connectivity index (χ0n) is 15.3. The van der Waals surface area contributed by atoms with Crippen molar-refractivity contribution in [2.75, 3.05) is 26.4 Å². The highest BCUT2D eigenvalue weighted by molar-refractivity contribution is 7.90. The van der Waals surface area contributed by atoms with Crippen molar-refractivity contribution in [2.45, 2.75) is 11.5 Å². The maximum Gasteiger partial charge on any atom is 0.339 e. The Kier molecular flexibility index (Phi) is 5.41. The van der Waals surface area contributed by atoms with Crippen molar-refractivity contribution < 1.29 is 26.4 Å². The normalized spacial score (nSPS) is 18.3. The Bertz CT molecular complexity index is 1100. The highest BCUT2D eigenvalue weighted by Gasteiger charge is 2.25. The largest absolute Gasteiger partial charge is 0.457 e. The van der Waals surface area contributed by atoms with Crippen LogP contribution in [0.5, 0.6) is 0 Å². The SMILES string of the molecule is CN(C)S(=O)(=O)c1cccc(COC(=O)C2=CN3CCS(=O)(=O)N=C3C=C2)c1. The lowest BCUT2D eigenvalue weighted by molar-refractivity contribution is -0.139. The molecule has 9 nitrogen and oxygen atoms in total. The van der Waals surface area contributed by atoms with E-state index in [1.165, 1.54) is 44.6 Å². The first-order valence-electron chi connectivity index (χ1n) is 8.26. The first-order valence-corrected chi connectivity index (χ1v) is 11.3. The number of sulfonamides is 2. The first kappa shape index (κ1) is 20.2. The number of carbonyl (C=O) groups is 1. The van der Waals surface area contributed by atoms with E-state index in [4.69, 9.17) is 4.74 Å². The summed E-state index contributed by atoms with van der Waals surface area (Å²) in [5.74, 6) is -0.481. The molecule has 0 saturated carbocycles. The second kappa shape index (κ2) is 7.49. The predicted molar refractivity (Wildman–Crippen MR) is 102 cm³/mol. The van der Waals surface area contributed by atoms with Crippen molar-refractivity contribution in [3.8, 4) is 0 Å². The van der Waals surface area contributed by atoms with Crippen LogP contribution < -0.4 is 0 Å². The monoisotopic (exact) mass is 425 g/mol. The maximum absolute atomic E-state index is 12.3. The lowest BCUT2D eigenvalue weighted by Crippen LogP contribution is -2.37. The fourth-order valence-electron chi connectivity index (χ4n) is 2.56.